The maximum Gasteiger partial charge on any atom is 0.277 e. The number of thioether (sulfide) groups is 1. The largest absolute Gasteiger partial charge is 0.416 e. The summed E-state index contributed by atoms with van der Waals surface area (Å²) in [5.41, 5.74) is 3.38. The number of carbonyl (C=O) groups excluding carboxylic acids is 1. The summed E-state index contributed by atoms with van der Waals surface area (Å²) in [6.45, 7) is 2.10. The Bertz CT molecular complexity index is 926. The molecule has 1 aromatic heterocycles. The number of nitrogens with zero attached hydrogens (tertiary/aromatic N) is 3. The van der Waals surface area contributed by atoms with Crippen LogP contribution in [0.2, 0.25) is 0 Å². The number of fused-ring (bicyclic) bond motifs is 1. The number of hydrogen-bond donors (Lipinski definition) is 0. The Morgan fingerprint density at radius 1 is 1.15 bits per heavy atom. The van der Waals surface area contributed by atoms with Crippen molar-refractivity contribution in [1.29, 1.82) is 0 Å². The van der Waals surface area contributed by atoms with Crippen molar-refractivity contribution in [2.24, 2.45) is 0 Å². The SMILES string of the molecule is CC1CCc2ccccc2N1C(=O)CSc1nnc(Cc2ccccc2)o1. The van der Waals surface area contributed by atoms with E-state index in [1.54, 1.807) is 0 Å². The monoisotopic (exact) mass is 379 g/mol. The van der Waals surface area contributed by atoms with Crippen molar-refractivity contribution in [2.75, 3.05) is 10.7 Å². The number of aromatic nitrogens is 2. The van der Waals surface area contributed by atoms with Gasteiger partial charge >= 0.3 is 0 Å². The lowest BCUT2D eigenvalue weighted by atomic mass is 9.97. The lowest BCUT2D eigenvalue weighted by Crippen LogP contribution is -2.43. The standard InChI is InChI=1S/C21H21N3O2S/c1-15-11-12-17-9-5-6-10-18(17)24(15)20(25)14-27-21-23-22-19(26-21)13-16-7-3-2-4-8-16/h2-10,15H,11-14H2,1H3. The molecule has 3 aromatic rings. The van der Waals surface area contributed by atoms with Gasteiger partial charge in [-0.15, -0.1) is 10.2 Å². The Kier molecular flexibility index (Phi) is 5.25. The zero-order valence-corrected chi connectivity index (χ0v) is 16.0. The van der Waals surface area contributed by atoms with Gasteiger partial charge in [0.15, 0.2) is 0 Å². The van der Waals surface area contributed by atoms with Gasteiger partial charge in [-0.25, -0.2) is 0 Å². The van der Waals surface area contributed by atoms with Crippen molar-refractivity contribution in [3.63, 3.8) is 0 Å². The molecule has 1 atom stereocenters. The summed E-state index contributed by atoms with van der Waals surface area (Å²) in [5, 5.41) is 8.60. The predicted molar refractivity (Wildman–Crippen MR) is 106 cm³/mol. The van der Waals surface area contributed by atoms with Crippen LogP contribution in [0.3, 0.4) is 0 Å². The predicted octanol–water partition coefficient (Wildman–Crippen LogP) is 4.12. The number of rotatable bonds is 5. The summed E-state index contributed by atoms with van der Waals surface area (Å²) >= 11 is 1.30. The highest BCUT2D eigenvalue weighted by atomic mass is 32.2. The number of aryl methyl sites for hydroxylation is 1. The molecule has 0 N–H and O–H groups in total. The molecule has 6 heteroatoms. The van der Waals surface area contributed by atoms with Gasteiger partial charge in [0.1, 0.15) is 0 Å². The molecular weight excluding hydrogens is 358 g/mol. The van der Waals surface area contributed by atoms with Gasteiger partial charge in [-0.2, -0.15) is 0 Å². The number of benzene rings is 2. The van der Waals surface area contributed by atoms with Gasteiger partial charge in [-0.3, -0.25) is 4.79 Å². The van der Waals surface area contributed by atoms with Crippen LogP contribution in [0.15, 0.2) is 64.2 Å². The van der Waals surface area contributed by atoms with Crippen LogP contribution in [0.5, 0.6) is 0 Å². The second kappa shape index (κ2) is 7.96. The average Bonchev–Trinajstić information content (AvgIpc) is 3.14. The molecule has 0 saturated heterocycles. The summed E-state index contributed by atoms with van der Waals surface area (Å²) in [6, 6.07) is 18.3. The molecule has 1 aliphatic rings. The Morgan fingerprint density at radius 3 is 2.78 bits per heavy atom. The van der Waals surface area contributed by atoms with Crippen LogP contribution in [0.25, 0.3) is 0 Å². The number of para-hydroxylation sites is 1. The Morgan fingerprint density at radius 2 is 1.93 bits per heavy atom. The van der Waals surface area contributed by atoms with Gasteiger partial charge in [0.25, 0.3) is 5.22 Å². The van der Waals surface area contributed by atoms with E-state index in [1.807, 2.05) is 53.4 Å². The molecule has 5 nitrogen and oxygen atoms in total. The van der Waals surface area contributed by atoms with Crippen molar-refractivity contribution in [2.45, 2.75) is 37.5 Å². The van der Waals surface area contributed by atoms with Crippen LogP contribution in [-0.4, -0.2) is 27.9 Å². The summed E-state index contributed by atoms with van der Waals surface area (Å²) in [6.07, 6.45) is 2.59. The van der Waals surface area contributed by atoms with Crippen LogP contribution >= 0.6 is 11.8 Å². The summed E-state index contributed by atoms with van der Waals surface area (Å²) in [7, 11) is 0. The van der Waals surface area contributed by atoms with E-state index in [0.717, 1.165) is 24.1 Å². The number of hydrogen-bond acceptors (Lipinski definition) is 5. The molecule has 1 aliphatic heterocycles. The van der Waals surface area contributed by atoms with Crippen molar-refractivity contribution >= 4 is 23.4 Å². The zero-order valence-electron chi connectivity index (χ0n) is 15.2. The van der Waals surface area contributed by atoms with E-state index in [9.17, 15) is 4.79 Å². The fourth-order valence-electron chi connectivity index (χ4n) is 3.40. The van der Waals surface area contributed by atoms with Crippen LogP contribution < -0.4 is 4.90 Å². The molecule has 1 unspecified atom stereocenters. The van der Waals surface area contributed by atoms with Crippen LogP contribution in [-0.2, 0) is 17.6 Å². The fraction of sp³-hybridized carbons (Fsp3) is 0.286. The minimum atomic E-state index is 0.0717. The Labute approximate surface area is 162 Å². The third-order valence-corrected chi connectivity index (χ3v) is 5.56. The van der Waals surface area contributed by atoms with Crippen LogP contribution in [0, 0.1) is 0 Å². The van der Waals surface area contributed by atoms with Gasteiger partial charge in [0.05, 0.1) is 12.2 Å². The molecule has 27 heavy (non-hydrogen) atoms. The van der Waals surface area contributed by atoms with E-state index in [0.29, 0.717) is 17.5 Å². The average molecular weight is 379 g/mol. The zero-order chi connectivity index (χ0) is 18.6. The van der Waals surface area contributed by atoms with Crippen LogP contribution in [0.1, 0.15) is 30.4 Å². The van der Waals surface area contributed by atoms with Crippen molar-refractivity contribution in [3.05, 3.63) is 71.6 Å². The first-order chi connectivity index (χ1) is 13.2. The third kappa shape index (κ3) is 4.06. The van der Waals surface area contributed by atoms with Gasteiger partial charge in [-0.05, 0) is 37.0 Å². The first kappa shape index (κ1) is 17.8. The molecule has 2 heterocycles. The van der Waals surface area contributed by atoms with Crippen molar-refractivity contribution in [1.82, 2.24) is 10.2 Å². The lowest BCUT2D eigenvalue weighted by molar-refractivity contribution is -0.116. The van der Waals surface area contributed by atoms with Crippen LogP contribution in [0.4, 0.5) is 5.69 Å². The van der Waals surface area contributed by atoms with E-state index < -0.39 is 0 Å². The second-order valence-corrected chi connectivity index (χ2v) is 7.62. The molecular formula is C21H21N3O2S. The third-order valence-electron chi connectivity index (χ3n) is 4.76. The van der Waals surface area contributed by atoms with E-state index in [1.165, 1.54) is 17.3 Å². The van der Waals surface area contributed by atoms with E-state index >= 15 is 0 Å². The number of anilines is 1. The maximum atomic E-state index is 12.9. The highest BCUT2D eigenvalue weighted by Crippen LogP contribution is 2.31. The molecule has 0 spiro atoms. The lowest BCUT2D eigenvalue weighted by Gasteiger charge is -2.35. The number of carbonyl (C=O) groups is 1. The highest BCUT2D eigenvalue weighted by Gasteiger charge is 2.28. The molecule has 0 aliphatic carbocycles. The minimum Gasteiger partial charge on any atom is -0.416 e. The van der Waals surface area contributed by atoms with Gasteiger partial charge < -0.3 is 9.32 Å². The first-order valence-electron chi connectivity index (χ1n) is 9.10. The maximum absolute atomic E-state index is 12.9. The normalized spacial score (nSPS) is 16.2. The first-order valence-corrected chi connectivity index (χ1v) is 10.1. The Balaban J connectivity index is 1.40. The molecule has 0 radical (unpaired) electrons. The summed E-state index contributed by atoms with van der Waals surface area (Å²) in [4.78, 5) is 14.8. The molecule has 138 valence electrons. The summed E-state index contributed by atoms with van der Waals surface area (Å²) < 4.78 is 5.69. The van der Waals surface area contributed by atoms with Crippen molar-refractivity contribution in [3.8, 4) is 0 Å². The smallest absolute Gasteiger partial charge is 0.277 e. The van der Waals surface area contributed by atoms with E-state index in [2.05, 4.69) is 23.2 Å². The van der Waals surface area contributed by atoms with Gasteiger partial charge in [0.2, 0.25) is 11.8 Å². The van der Waals surface area contributed by atoms with E-state index in [4.69, 9.17) is 4.42 Å². The highest BCUT2D eigenvalue weighted by molar-refractivity contribution is 7.99. The topological polar surface area (TPSA) is 59.2 Å². The fourth-order valence-corrected chi connectivity index (χ4v) is 4.04. The number of amides is 1. The molecule has 0 saturated carbocycles. The molecule has 1 amide bonds. The second-order valence-electron chi connectivity index (χ2n) is 6.69. The molecule has 2 aromatic carbocycles. The van der Waals surface area contributed by atoms with Crippen molar-refractivity contribution < 1.29 is 9.21 Å². The quantitative estimate of drug-likeness (QED) is 0.624. The minimum absolute atomic E-state index is 0.0717. The molecule has 0 fully saturated rings. The molecule has 0 bridgehead atoms. The van der Waals surface area contributed by atoms with Gasteiger partial charge in [-0.1, -0.05) is 60.3 Å². The van der Waals surface area contributed by atoms with Gasteiger partial charge in [0, 0.05) is 11.7 Å². The van der Waals surface area contributed by atoms with E-state index in [-0.39, 0.29) is 17.7 Å². The molecule has 4 rings (SSSR count). The Hall–Kier alpha value is -2.60. The summed E-state index contributed by atoms with van der Waals surface area (Å²) in [5.74, 6) is 0.918.